The molecule has 0 saturated heterocycles. The van der Waals surface area contributed by atoms with Crippen molar-refractivity contribution in [3.8, 4) is 5.75 Å². The number of rotatable bonds is 4. The first-order valence-electron chi connectivity index (χ1n) is 7.41. The molecular formula is C16H22ClNO. The van der Waals surface area contributed by atoms with E-state index in [0.717, 1.165) is 36.3 Å². The fourth-order valence-corrected chi connectivity index (χ4v) is 3.64. The van der Waals surface area contributed by atoms with E-state index in [4.69, 9.17) is 16.3 Å². The van der Waals surface area contributed by atoms with Crippen molar-refractivity contribution in [3.63, 3.8) is 0 Å². The van der Waals surface area contributed by atoms with Crippen LogP contribution in [0.4, 0.5) is 0 Å². The van der Waals surface area contributed by atoms with Crippen LogP contribution in [-0.4, -0.2) is 12.6 Å². The first kappa shape index (κ1) is 13.3. The molecule has 1 aliphatic carbocycles. The van der Waals surface area contributed by atoms with E-state index in [0.29, 0.717) is 6.04 Å². The maximum absolute atomic E-state index is 6.19. The molecule has 0 amide bonds. The first-order chi connectivity index (χ1) is 9.24. The van der Waals surface area contributed by atoms with Gasteiger partial charge in [-0.1, -0.05) is 24.4 Å². The number of nitrogens with one attached hydrogen (secondary N) is 1. The fourth-order valence-electron chi connectivity index (χ4n) is 3.37. The molecule has 0 unspecified atom stereocenters. The van der Waals surface area contributed by atoms with E-state index in [9.17, 15) is 0 Å². The molecule has 1 N–H and O–H groups in total. The number of ether oxygens (including phenoxy) is 1. The maximum atomic E-state index is 6.19. The molecule has 1 fully saturated rings. The molecular weight excluding hydrogens is 258 g/mol. The van der Waals surface area contributed by atoms with E-state index in [1.54, 1.807) is 0 Å². The molecule has 0 aromatic heterocycles. The lowest BCUT2D eigenvalue weighted by molar-refractivity contribution is 0.346. The van der Waals surface area contributed by atoms with E-state index in [-0.39, 0.29) is 0 Å². The normalized spacial score (nSPS) is 20.3. The lowest BCUT2D eigenvalue weighted by atomic mass is 9.99. The Bertz CT molecular complexity index is 454. The van der Waals surface area contributed by atoms with Gasteiger partial charge in [-0.3, -0.25) is 0 Å². The van der Waals surface area contributed by atoms with Gasteiger partial charge in [-0.2, -0.15) is 0 Å². The minimum atomic E-state index is 0.582. The molecule has 104 valence electrons. The van der Waals surface area contributed by atoms with E-state index in [1.165, 1.54) is 36.8 Å². The monoisotopic (exact) mass is 279 g/mol. The average Bonchev–Trinajstić information content (AvgIpc) is 3.05. The number of benzene rings is 1. The van der Waals surface area contributed by atoms with Gasteiger partial charge in [-0.15, -0.1) is 0 Å². The summed E-state index contributed by atoms with van der Waals surface area (Å²) in [5.74, 6) is 1.91. The van der Waals surface area contributed by atoms with E-state index in [1.807, 2.05) is 12.1 Å². The van der Waals surface area contributed by atoms with Crippen molar-refractivity contribution >= 4 is 11.6 Å². The highest BCUT2D eigenvalue weighted by atomic mass is 35.5. The number of hydrogen-bond donors (Lipinski definition) is 1. The highest BCUT2D eigenvalue weighted by Gasteiger charge is 2.22. The average molecular weight is 280 g/mol. The molecule has 3 heteroatoms. The summed E-state index contributed by atoms with van der Waals surface area (Å²) >= 11 is 6.19. The van der Waals surface area contributed by atoms with Crippen molar-refractivity contribution in [2.75, 3.05) is 6.61 Å². The summed E-state index contributed by atoms with van der Waals surface area (Å²) in [6.45, 7) is 3.96. The summed E-state index contributed by atoms with van der Waals surface area (Å²) in [6.07, 6.45) is 6.52. The third-order valence-corrected chi connectivity index (χ3v) is 4.76. The number of halogens is 1. The van der Waals surface area contributed by atoms with Crippen LogP contribution in [-0.2, 0) is 13.0 Å². The van der Waals surface area contributed by atoms with Gasteiger partial charge in [0.2, 0.25) is 0 Å². The second-order valence-corrected chi connectivity index (χ2v) is 6.30. The number of hydrogen-bond acceptors (Lipinski definition) is 2. The Morgan fingerprint density at radius 1 is 1.37 bits per heavy atom. The molecule has 0 spiro atoms. The molecule has 3 rings (SSSR count). The van der Waals surface area contributed by atoms with Crippen molar-refractivity contribution in [1.29, 1.82) is 0 Å². The van der Waals surface area contributed by atoms with Crippen molar-refractivity contribution in [3.05, 3.63) is 28.3 Å². The Balaban J connectivity index is 1.66. The van der Waals surface area contributed by atoms with Crippen LogP contribution in [0.3, 0.4) is 0 Å². The lowest BCUT2D eigenvalue weighted by Crippen LogP contribution is -2.31. The molecule has 1 aromatic carbocycles. The van der Waals surface area contributed by atoms with Crippen molar-refractivity contribution in [1.82, 2.24) is 5.32 Å². The van der Waals surface area contributed by atoms with Gasteiger partial charge in [0.15, 0.2) is 0 Å². The minimum absolute atomic E-state index is 0.582. The van der Waals surface area contributed by atoms with Crippen LogP contribution in [0.25, 0.3) is 0 Å². The molecule has 2 nitrogen and oxygen atoms in total. The summed E-state index contributed by atoms with van der Waals surface area (Å²) in [6, 6.07) is 4.66. The quantitative estimate of drug-likeness (QED) is 0.901. The van der Waals surface area contributed by atoms with Crippen LogP contribution in [0.5, 0.6) is 5.75 Å². The van der Waals surface area contributed by atoms with Crippen molar-refractivity contribution < 1.29 is 4.74 Å². The molecule has 1 atom stereocenters. The second kappa shape index (κ2) is 5.72. The smallest absolute Gasteiger partial charge is 0.127 e. The van der Waals surface area contributed by atoms with Gasteiger partial charge >= 0.3 is 0 Å². The highest BCUT2D eigenvalue weighted by Crippen LogP contribution is 2.33. The summed E-state index contributed by atoms with van der Waals surface area (Å²) in [5.41, 5.74) is 2.47. The Labute approximate surface area is 120 Å². The van der Waals surface area contributed by atoms with Crippen LogP contribution in [0.1, 0.15) is 43.7 Å². The van der Waals surface area contributed by atoms with Gasteiger partial charge in [0.25, 0.3) is 0 Å². The van der Waals surface area contributed by atoms with Crippen LogP contribution in [0.2, 0.25) is 5.02 Å². The van der Waals surface area contributed by atoms with Crippen molar-refractivity contribution in [2.24, 2.45) is 5.92 Å². The Kier molecular flexibility index (Phi) is 3.99. The van der Waals surface area contributed by atoms with Crippen LogP contribution in [0, 0.1) is 5.92 Å². The van der Waals surface area contributed by atoms with Gasteiger partial charge in [-0.05, 0) is 43.4 Å². The molecule has 19 heavy (non-hydrogen) atoms. The minimum Gasteiger partial charge on any atom is -0.493 e. The molecule has 1 aromatic rings. The standard InChI is InChI=1S/C16H22ClNO/c1-11(12-4-2-3-5-12)18-10-14-9-15(17)8-13-6-7-19-16(13)14/h8-9,11-12,18H,2-7,10H2,1H3/t11-/m0/s1. The summed E-state index contributed by atoms with van der Waals surface area (Å²) < 4.78 is 5.74. The van der Waals surface area contributed by atoms with Gasteiger partial charge in [0.1, 0.15) is 5.75 Å². The SMILES string of the molecule is C[C@H](NCc1cc(Cl)cc2c1OCC2)C1CCCC1. The van der Waals surface area contributed by atoms with Gasteiger partial charge in [0.05, 0.1) is 6.61 Å². The molecule has 2 aliphatic rings. The van der Waals surface area contributed by atoms with E-state index < -0.39 is 0 Å². The van der Waals surface area contributed by atoms with Gasteiger partial charge in [0, 0.05) is 29.6 Å². The predicted molar refractivity (Wildman–Crippen MR) is 78.9 cm³/mol. The zero-order valence-corrected chi connectivity index (χ0v) is 12.3. The zero-order valence-electron chi connectivity index (χ0n) is 11.5. The third kappa shape index (κ3) is 2.90. The predicted octanol–water partition coefficient (Wildman–Crippen LogP) is 3.94. The molecule has 1 aliphatic heterocycles. The zero-order chi connectivity index (χ0) is 13.2. The Hall–Kier alpha value is -0.730. The molecule has 0 radical (unpaired) electrons. The van der Waals surface area contributed by atoms with Crippen molar-refractivity contribution in [2.45, 2.75) is 51.6 Å². The highest BCUT2D eigenvalue weighted by molar-refractivity contribution is 6.30. The summed E-state index contributed by atoms with van der Waals surface area (Å²) in [7, 11) is 0. The third-order valence-electron chi connectivity index (χ3n) is 4.55. The maximum Gasteiger partial charge on any atom is 0.127 e. The van der Waals surface area contributed by atoms with Crippen LogP contribution in [0.15, 0.2) is 12.1 Å². The van der Waals surface area contributed by atoms with Gasteiger partial charge in [-0.25, -0.2) is 0 Å². The topological polar surface area (TPSA) is 21.3 Å². The molecule has 1 heterocycles. The van der Waals surface area contributed by atoms with Crippen LogP contribution < -0.4 is 10.1 Å². The fraction of sp³-hybridized carbons (Fsp3) is 0.625. The largest absolute Gasteiger partial charge is 0.493 e. The second-order valence-electron chi connectivity index (χ2n) is 5.87. The first-order valence-corrected chi connectivity index (χ1v) is 7.79. The van der Waals surface area contributed by atoms with E-state index in [2.05, 4.69) is 12.2 Å². The van der Waals surface area contributed by atoms with Crippen LogP contribution >= 0.6 is 11.6 Å². The molecule has 1 saturated carbocycles. The van der Waals surface area contributed by atoms with Gasteiger partial charge < -0.3 is 10.1 Å². The Morgan fingerprint density at radius 2 is 2.16 bits per heavy atom. The number of fused-ring (bicyclic) bond motifs is 1. The molecule has 0 bridgehead atoms. The Morgan fingerprint density at radius 3 is 2.95 bits per heavy atom. The van der Waals surface area contributed by atoms with E-state index >= 15 is 0 Å². The summed E-state index contributed by atoms with van der Waals surface area (Å²) in [4.78, 5) is 0. The summed E-state index contributed by atoms with van der Waals surface area (Å²) in [5, 5.41) is 4.49. The lowest BCUT2D eigenvalue weighted by Gasteiger charge is -2.21.